The van der Waals surface area contributed by atoms with Crippen LogP contribution in [0.5, 0.6) is 5.75 Å². The fourth-order valence-electron chi connectivity index (χ4n) is 4.76. The molecule has 1 spiro atoms. The first-order valence-corrected chi connectivity index (χ1v) is 10.1. The second kappa shape index (κ2) is 6.57. The summed E-state index contributed by atoms with van der Waals surface area (Å²) in [5.41, 5.74) is 2.64. The van der Waals surface area contributed by atoms with Crippen molar-refractivity contribution in [3.8, 4) is 5.75 Å². The van der Waals surface area contributed by atoms with Gasteiger partial charge in [-0.2, -0.15) is 0 Å². The number of hydrogen-bond acceptors (Lipinski definition) is 4. The first-order valence-electron chi connectivity index (χ1n) is 10.1. The lowest BCUT2D eigenvalue weighted by atomic mass is 9.88. The van der Waals surface area contributed by atoms with Crippen LogP contribution in [0.2, 0.25) is 0 Å². The van der Waals surface area contributed by atoms with Crippen molar-refractivity contribution >= 4 is 0 Å². The summed E-state index contributed by atoms with van der Waals surface area (Å²) in [6, 6.07) is 7.58. The Labute approximate surface area is 150 Å². The smallest absolute Gasteiger partial charge is 0.213 e. The fraction of sp³-hybridized carbons (Fsp3) is 0.714. The van der Waals surface area contributed by atoms with E-state index in [4.69, 9.17) is 14.2 Å². The van der Waals surface area contributed by atoms with Gasteiger partial charge in [0.25, 0.3) is 0 Å². The van der Waals surface area contributed by atoms with Gasteiger partial charge in [0, 0.05) is 50.8 Å². The molecule has 4 heteroatoms. The molecule has 4 nitrogen and oxygen atoms in total. The predicted molar refractivity (Wildman–Crippen MR) is 95.8 cm³/mol. The van der Waals surface area contributed by atoms with Crippen LogP contribution in [0, 0.1) is 0 Å². The molecule has 0 aromatic heterocycles. The van der Waals surface area contributed by atoms with Crippen molar-refractivity contribution in [1.29, 1.82) is 0 Å². The maximum absolute atomic E-state index is 6.41. The quantitative estimate of drug-likeness (QED) is 0.816. The highest BCUT2D eigenvalue weighted by Crippen LogP contribution is 2.40. The molecule has 0 bridgehead atoms. The van der Waals surface area contributed by atoms with Crippen LogP contribution in [-0.4, -0.2) is 43.0 Å². The molecule has 1 aromatic rings. The SMILES string of the molecule is c1cc2c(cc1C1CCOCC1)COC1(CCN(C3CCC3)CC1)O2. The minimum absolute atomic E-state index is 0.382. The highest BCUT2D eigenvalue weighted by Gasteiger charge is 2.42. The Kier molecular flexibility index (Phi) is 4.23. The van der Waals surface area contributed by atoms with Crippen molar-refractivity contribution < 1.29 is 14.2 Å². The lowest BCUT2D eigenvalue weighted by molar-refractivity contribution is -0.231. The van der Waals surface area contributed by atoms with Gasteiger partial charge in [-0.15, -0.1) is 0 Å². The summed E-state index contributed by atoms with van der Waals surface area (Å²) in [5.74, 6) is 1.28. The molecule has 0 amide bonds. The molecule has 0 unspecified atom stereocenters. The van der Waals surface area contributed by atoms with E-state index in [9.17, 15) is 0 Å². The number of ether oxygens (including phenoxy) is 3. The van der Waals surface area contributed by atoms with Crippen LogP contribution in [0.25, 0.3) is 0 Å². The largest absolute Gasteiger partial charge is 0.462 e. The van der Waals surface area contributed by atoms with Gasteiger partial charge in [-0.25, -0.2) is 0 Å². The van der Waals surface area contributed by atoms with E-state index in [1.54, 1.807) is 0 Å². The molecule has 5 rings (SSSR count). The predicted octanol–water partition coefficient (Wildman–Crippen LogP) is 3.83. The maximum atomic E-state index is 6.41. The van der Waals surface area contributed by atoms with Crippen molar-refractivity contribution in [2.75, 3.05) is 26.3 Å². The molecule has 1 saturated carbocycles. The van der Waals surface area contributed by atoms with Gasteiger partial charge in [-0.3, -0.25) is 4.90 Å². The summed E-state index contributed by atoms with van der Waals surface area (Å²) in [4.78, 5) is 2.64. The molecular formula is C21H29NO3. The topological polar surface area (TPSA) is 30.9 Å². The number of benzene rings is 1. The third-order valence-corrected chi connectivity index (χ3v) is 6.71. The molecule has 1 aliphatic carbocycles. The number of rotatable bonds is 2. The molecule has 1 aromatic carbocycles. The molecule has 136 valence electrons. The van der Waals surface area contributed by atoms with Crippen LogP contribution >= 0.6 is 0 Å². The summed E-state index contributed by atoms with van der Waals surface area (Å²) in [5, 5.41) is 0. The Bertz CT molecular complexity index is 614. The molecule has 25 heavy (non-hydrogen) atoms. The van der Waals surface area contributed by atoms with Crippen LogP contribution in [0.15, 0.2) is 18.2 Å². The van der Waals surface area contributed by atoms with Crippen LogP contribution in [0.1, 0.15) is 62.0 Å². The van der Waals surface area contributed by atoms with Crippen molar-refractivity contribution in [3.05, 3.63) is 29.3 Å². The molecule has 0 radical (unpaired) electrons. The van der Waals surface area contributed by atoms with E-state index >= 15 is 0 Å². The number of likely N-dealkylation sites (tertiary alicyclic amines) is 1. The normalized spacial score (nSPS) is 27.5. The summed E-state index contributed by atoms with van der Waals surface area (Å²) < 4.78 is 18.2. The summed E-state index contributed by atoms with van der Waals surface area (Å²) >= 11 is 0. The summed E-state index contributed by atoms with van der Waals surface area (Å²) in [7, 11) is 0. The number of nitrogens with zero attached hydrogens (tertiary/aromatic N) is 1. The van der Waals surface area contributed by atoms with E-state index in [2.05, 4.69) is 23.1 Å². The van der Waals surface area contributed by atoms with Gasteiger partial charge < -0.3 is 14.2 Å². The first kappa shape index (κ1) is 16.1. The fourth-order valence-corrected chi connectivity index (χ4v) is 4.76. The monoisotopic (exact) mass is 343 g/mol. The zero-order valence-electron chi connectivity index (χ0n) is 15.0. The second-order valence-corrected chi connectivity index (χ2v) is 8.18. The Hall–Kier alpha value is -1.10. The number of piperidine rings is 1. The molecule has 3 aliphatic heterocycles. The van der Waals surface area contributed by atoms with Crippen LogP contribution in [0.4, 0.5) is 0 Å². The molecule has 0 atom stereocenters. The van der Waals surface area contributed by atoms with Crippen molar-refractivity contribution in [2.24, 2.45) is 0 Å². The van der Waals surface area contributed by atoms with Gasteiger partial charge in [-0.05, 0) is 49.3 Å². The minimum atomic E-state index is -0.382. The second-order valence-electron chi connectivity index (χ2n) is 8.18. The van der Waals surface area contributed by atoms with E-state index in [0.717, 1.165) is 63.8 Å². The average Bonchev–Trinajstić information content (AvgIpc) is 2.63. The summed E-state index contributed by atoms with van der Waals surface area (Å²) in [6.07, 6.45) is 8.40. The van der Waals surface area contributed by atoms with Gasteiger partial charge >= 0.3 is 0 Å². The Balaban J connectivity index is 1.27. The van der Waals surface area contributed by atoms with Gasteiger partial charge in [0.1, 0.15) is 5.75 Å². The van der Waals surface area contributed by atoms with E-state index in [-0.39, 0.29) is 5.79 Å². The molecule has 0 N–H and O–H groups in total. The number of fused-ring (bicyclic) bond motifs is 1. The molecular weight excluding hydrogens is 314 g/mol. The molecule has 3 fully saturated rings. The minimum Gasteiger partial charge on any atom is -0.462 e. The zero-order valence-corrected chi connectivity index (χ0v) is 15.0. The van der Waals surface area contributed by atoms with Crippen molar-refractivity contribution in [1.82, 2.24) is 4.90 Å². The zero-order chi connectivity index (χ0) is 16.7. The van der Waals surface area contributed by atoms with Gasteiger partial charge in [0.05, 0.1) is 6.61 Å². The Morgan fingerprint density at radius 1 is 1.00 bits per heavy atom. The van der Waals surface area contributed by atoms with Gasteiger partial charge in [0.2, 0.25) is 5.79 Å². The van der Waals surface area contributed by atoms with Crippen LogP contribution in [-0.2, 0) is 16.1 Å². The van der Waals surface area contributed by atoms with Crippen LogP contribution in [0.3, 0.4) is 0 Å². The Morgan fingerprint density at radius 2 is 1.80 bits per heavy atom. The van der Waals surface area contributed by atoms with Gasteiger partial charge in [-0.1, -0.05) is 12.5 Å². The maximum Gasteiger partial charge on any atom is 0.213 e. The van der Waals surface area contributed by atoms with Crippen molar-refractivity contribution in [3.63, 3.8) is 0 Å². The van der Waals surface area contributed by atoms with E-state index < -0.39 is 0 Å². The number of hydrogen-bond donors (Lipinski definition) is 0. The highest BCUT2D eigenvalue weighted by atomic mass is 16.7. The van der Waals surface area contributed by atoms with Gasteiger partial charge in [0.15, 0.2) is 0 Å². The lowest BCUT2D eigenvalue weighted by Crippen LogP contribution is -2.54. The van der Waals surface area contributed by atoms with Crippen LogP contribution < -0.4 is 4.74 Å². The van der Waals surface area contributed by atoms with Crippen molar-refractivity contribution in [2.45, 2.75) is 69.3 Å². The molecule has 3 heterocycles. The van der Waals surface area contributed by atoms with E-state index in [0.29, 0.717) is 12.5 Å². The highest BCUT2D eigenvalue weighted by molar-refractivity contribution is 5.39. The third-order valence-electron chi connectivity index (χ3n) is 6.71. The Morgan fingerprint density at radius 3 is 2.52 bits per heavy atom. The standard InChI is InChI=1S/C21H29NO3/c1-2-19(3-1)22-10-8-21(9-11-22)24-15-18-14-17(4-5-20(18)25-21)16-6-12-23-13-7-16/h4-5,14,16,19H,1-3,6-13,15H2. The van der Waals surface area contributed by atoms with E-state index in [1.807, 2.05) is 0 Å². The third kappa shape index (κ3) is 3.09. The first-order chi connectivity index (χ1) is 12.3. The molecule has 2 saturated heterocycles. The summed E-state index contributed by atoms with van der Waals surface area (Å²) in [6.45, 7) is 4.68. The lowest BCUT2D eigenvalue weighted by Gasteiger charge is -2.47. The molecule has 4 aliphatic rings. The van der Waals surface area contributed by atoms with E-state index in [1.165, 1.54) is 30.4 Å². The average molecular weight is 343 g/mol.